The van der Waals surface area contributed by atoms with Crippen molar-refractivity contribution in [2.75, 3.05) is 14.2 Å². The number of hydrogen-bond donors (Lipinski definition) is 3. The van der Waals surface area contributed by atoms with Gasteiger partial charge in [0.1, 0.15) is 23.4 Å². The Hall–Kier alpha value is -3.15. The third-order valence-electron chi connectivity index (χ3n) is 5.15. The van der Waals surface area contributed by atoms with Crippen LogP contribution in [0.3, 0.4) is 0 Å². The van der Waals surface area contributed by atoms with Crippen LogP contribution in [0.4, 0.5) is 0 Å². The van der Waals surface area contributed by atoms with Gasteiger partial charge in [0, 0.05) is 16.3 Å². The second kappa shape index (κ2) is 8.69. The number of phenols is 1. The molecule has 0 fully saturated rings. The minimum atomic E-state index is -0.242. The smallest absolute Gasteiger partial charge is 0.120 e. The summed E-state index contributed by atoms with van der Waals surface area (Å²) in [7, 11) is 3.29. The van der Waals surface area contributed by atoms with Gasteiger partial charge < -0.3 is 19.9 Å². The summed E-state index contributed by atoms with van der Waals surface area (Å²) in [5.74, 6) is 1.78. The zero-order valence-electron chi connectivity index (χ0n) is 16.7. The van der Waals surface area contributed by atoms with E-state index in [-0.39, 0.29) is 18.0 Å². The SMILES string of the molecule is COc1ccc(C2=CC(c3cc(Cl)ccc3O)NC(c3ccc(OC)cc3)N2)cc1. The monoisotopic (exact) mass is 422 g/mol. The molecule has 3 N–H and O–H groups in total. The van der Waals surface area contributed by atoms with Crippen LogP contribution >= 0.6 is 11.6 Å². The molecule has 6 heteroatoms. The highest BCUT2D eigenvalue weighted by Gasteiger charge is 2.26. The minimum Gasteiger partial charge on any atom is -0.508 e. The fourth-order valence-corrected chi connectivity index (χ4v) is 3.70. The number of ether oxygens (including phenoxy) is 2. The summed E-state index contributed by atoms with van der Waals surface area (Å²) in [6, 6.07) is 20.6. The van der Waals surface area contributed by atoms with Crippen LogP contribution in [0.15, 0.2) is 72.8 Å². The summed E-state index contributed by atoms with van der Waals surface area (Å²) in [6.07, 6.45) is 1.87. The van der Waals surface area contributed by atoms with E-state index in [4.69, 9.17) is 21.1 Å². The molecule has 0 aromatic heterocycles. The van der Waals surface area contributed by atoms with Crippen molar-refractivity contribution in [1.82, 2.24) is 10.6 Å². The first-order valence-corrected chi connectivity index (χ1v) is 9.96. The van der Waals surface area contributed by atoms with Crippen molar-refractivity contribution in [2.45, 2.75) is 12.2 Å². The Morgan fingerprint density at radius 1 is 0.867 bits per heavy atom. The Morgan fingerprint density at radius 2 is 1.50 bits per heavy atom. The number of nitrogens with one attached hydrogen (secondary N) is 2. The van der Waals surface area contributed by atoms with Gasteiger partial charge in [0.15, 0.2) is 0 Å². The van der Waals surface area contributed by atoms with Gasteiger partial charge in [-0.15, -0.1) is 0 Å². The van der Waals surface area contributed by atoms with Crippen LogP contribution < -0.4 is 20.1 Å². The van der Waals surface area contributed by atoms with Crippen molar-refractivity contribution in [3.8, 4) is 17.2 Å². The molecule has 0 saturated heterocycles. The van der Waals surface area contributed by atoms with Gasteiger partial charge in [-0.1, -0.05) is 23.7 Å². The number of rotatable bonds is 5. The van der Waals surface area contributed by atoms with Crippen molar-refractivity contribution >= 4 is 17.3 Å². The first-order chi connectivity index (χ1) is 14.6. The number of hydrogen-bond acceptors (Lipinski definition) is 5. The predicted molar refractivity (Wildman–Crippen MR) is 119 cm³/mol. The third kappa shape index (κ3) is 4.22. The molecule has 0 spiro atoms. The van der Waals surface area contributed by atoms with Crippen molar-refractivity contribution in [3.05, 3.63) is 94.5 Å². The van der Waals surface area contributed by atoms with E-state index >= 15 is 0 Å². The predicted octanol–water partition coefficient (Wildman–Crippen LogP) is 5.04. The molecule has 0 amide bonds. The normalized spacial score (nSPS) is 18.3. The van der Waals surface area contributed by atoms with E-state index in [1.165, 1.54) is 0 Å². The van der Waals surface area contributed by atoms with E-state index in [0.717, 1.165) is 28.3 Å². The highest BCUT2D eigenvalue weighted by molar-refractivity contribution is 6.30. The second-order valence-corrected chi connectivity index (χ2v) is 7.44. The third-order valence-corrected chi connectivity index (χ3v) is 5.39. The Bertz CT molecular complexity index is 1050. The lowest BCUT2D eigenvalue weighted by atomic mass is 9.98. The molecule has 3 aromatic carbocycles. The molecule has 0 bridgehead atoms. The van der Waals surface area contributed by atoms with Gasteiger partial charge in [0.2, 0.25) is 0 Å². The summed E-state index contributed by atoms with van der Waals surface area (Å²) < 4.78 is 10.6. The Labute approximate surface area is 180 Å². The van der Waals surface area contributed by atoms with Gasteiger partial charge in [-0.2, -0.15) is 0 Å². The molecule has 2 unspecified atom stereocenters. The van der Waals surface area contributed by atoms with Crippen LogP contribution in [-0.4, -0.2) is 19.3 Å². The summed E-state index contributed by atoms with van der Waals surface area (Å²) >= 11 is 6.21. The molecule has 0 aliphatic carbocycles. The zero-order chi connectivity index (χ0) is 21.1. The van der Waals surface area contributed by atoms with E-state index in [2.05, 4.69) is 10.6 Å². The van der Waals surface area contributed by atoms with Crippen molar-refractivity contribution in [3.63, 3.8) is 0 Å². The summed E-state index contributed by atoms with van der Waals surface area (Å²) in [5.41, 5.74) is 3.72. The molecule has 4 rings (SSSR count). The maximum atomic E-state index is 10.5. The van der Waals surface area contributed by atoms with E-state index in [9.17, 15) is 5.11 Å². The highest BCUT2D eigenvalue weighted by Crippen LogP contribution is 2.35. The maximum absolute atomic E-state index is 10.5. The first kappa shape index (κ1) is 20.1. The molecule has 0 saturated carbocycles. The number of halogens is 1. The number of methoxy groups -OCH3 is 2. The van der Waals surface area contributed by atoms with Gasteiger partial charge in [-0.3, -0.25) is 5.32 Å². The fraction of sp³-hybridized carbons (Fsp3) is 0.167. The summed E-state index contributed by atoms with van der Waals surface area (Å²) in [5, 5.41) is 18.1. The maximum Gasteiger partial charge on any atom is 0.120 e. The van der Waals surface area contributed by atoms with Gasteiger partial charge in [0.25, 0.3) is 0 Å². The molecule has 1 aliphatic heterocycles. The molecule has 30 heavy (non-hydrogen) atoms. The van der Waals surface area contributed by atoms with Crippen LogP contribution in [0.25, 0.3) is 5.70 Å². The average Bonchev–Trinajstić information content (AvgIpc) is 2.80. The first-order valence-electron chi connectivity index (χ1n) is 9.58. The summed E-state index contributed by atoms with van der Waals surface area (Å²) in [6.45, 7) is 0. The lowest BCUT2D eigenvalue weighted by molar-refractivity contribution is 0.410. The second-order valence-electron chi connectivity index (χ2n) is 7.01. The molecule has 3 aromatic rings. The average molecular weight is 423 g/mol. The van der Waals surface area contributed by atoms with Gasteiger partial charge >= 0.3 is 0 Å². The van der Waals surface area contributed by atoms with E-state index < -0.39 is 0 Å². The fourth-order valence-electron chi connectivity index (χ4n) is 3.52. The molecule has 2 atom stereocenters. The molecular weight excluding hydrogens is 400 g/mol. The van der Waals surface area contributed by atoms with E-state index in [0.29, 0.717) is 10.6 Å². The van der Waals surface area contributed by atoms with E-state index in [1.807, 2.05) is 54.6 Å². The quantitative estimate of drug-likeness (QED) is 0.538. The number of benzene rings is 3. The van der Waals surface area contributed by atoms with Crippen LogP contribution in [0, 0.1) is 0 Å². The van der Waals surface area contributed by atoms with Crippen molar-refractivity contribution < 1.29 is 14.6 Å². The standard InChI is InChI=1S/C24H23ClN2O3/c1-29-18-8-3-15(4-9-18)21-14-22(20-13-17(25)7-12-23(20)28)27-24(26-21)16-5-10-19(30-2)11-6-16/h3-14,22,24,26-28H,1-2H3. The van der Waals surface area contributed by atoms with Crippen LogP contribution in [0.1, 0.15) is 28.9 Å². The Balaban J connectivity index is 1.74. The van der Waals surface area contributed by atoms with E-state index in [1.54, 1.807) is 32.4 Å². The van der Waals surface area contributed by atoms with Crippen LogP contribution in [0.5, 0.6) is 17.2 Å². The van der Waals surface area contributed by atoms with Gasteiger partial charge in [-0.05, 0) is 71.8 Å². The topological polar surface area (TPSA) is 62.8 Å². The molecule has 1 aliphatic rings. The lowest BCUT2D eigenvalue weighted by Gasteiger charge is -2.33. The molecule has 154 valence electrons. The molecular formula is C24H23ClN2O3. The molecule has 1 heterocycles. The number of phenolic OH excluding ortho intramolecular Hbond substituents is 1. The largest absolute Gasteiger partial charge is 0.508 e. The summed E-state index contributed by atoms with van der Waals surface area (Å²) in [4.78, 5) is 0. The minimum absolute atomic E-state index is 0.179. The Morgan fingerprint density at radius 3 is 2.13 bits per heavy atom. The van der Waals surface area contributed by atoms with Crippen LogP contribution in [0.2, 0.25) is 5.02 Å². The molecule has 0 radical (unpaired) electrons. The number of aromatic hydroxyl groups is 1. The Kier molecular flexibility index (Phi) is 5.84. The van der Waals surface area contributed by atoms with Gasteiger partial charge in [0.05, 0.1) is 20.3 Å². The highest BCUT2D eigenvalue weighted by atomic mass is 35.5. The van der Waals surface area contributed by atoms with Crippen molar-refractivity contribution in [1.29, 1.82) is 0 Å². The molecule has 5 nitrogen and oxygen atoms in total. The zero-order valence-corrected chi connectivity index (χ0v) is 17.5. The lowest BCUT2D eigenvalue weighted by Crippen LogP contribution is -2.39. The van der Waals surface area contributed by atoms with Gasteiger partial charge in [-0.25, -0.2) is 0 Å². The van der Waals surface area contributed by atoms with Crippen molar-refractivity contribution in [2.24, 2.45) is 0 Å². The van der Waals surface area contributed by atoms with Crippen LogP contribution in [-0.2, 0) is 0 Å².